The van der Waals surface area contributed by atoms with Crippen molar-refractivity contribution in [1.29, 1.82) is 0 Å². The summed E-state index contributed by atoms with van der Waals surface area (Å²) >= 11 is 0. The minimum Gasteiger partial charge on any atom is -0.465 e. The van der Waals surface area contributed by atoms with Crippen molar-refractivity contribution in [2.45, 2.75) is 6.54 Å². The maximum absolute atomic E-state index is 12.4. The fourth-order valence-electron chi connectivity index (χ4n) is 2.65. The number of amides is 1. The second-order valence-electron chi connectivity index (χ2n) is 5.91. The van der Waals surface area contributed by atoms with Gasteiger partial charge in [0.1, 0.15) is 0 Å². The molecule has 5 nitrogen and oxygen atoms in total. The molecule has 0 aliphatic rings. The highest BCUT2D eigenvalue weighted by atomic mass is 16.5. The van der Waals surface area contributed by atoms with E-state index in [-0.39, 0.29) is 11.9 Å². The summed E-state index contributed by atoms with van der Waals surface area (Å²) in [6, 6.07) is 23.8. The molecule has 0 heterocycles. The van der Waals surface area contributed by atoms with Crippen LogP contribution in [-0.4, -0.2) is 19.0 Å². The van der Waals surface area contributed by atoms with Gasteiger partial charge in [0.25, 0.3) is 5.91 Å². The zero-order chi connectivity index (χ0) is 19.1. The maximum Gasteiger partial charge on any atom is 0.337 e. The van der Waals surface area contributed by atoms with E-state index in [0.717, 1.165) is 11.3 Å². The Hall–Kier alpha value is -3.60. The zero-order valence-electron chi connectivity index (χ0n) is 14.9. The Morgan fingerprint density at radius 2 is 1.48 bits per heavy atom. The van der Waals surface area contributed by atoms with Gasteiger partial charge in [-0.3, -0.25) is 4.79 Å². The zero-order valence-corrected chi connectivity index (χ0v) is 14.9. The maximum atomic E-state index is 12.4. The van der Waals surface area contributed by atoms with Crippen molar-refractivity contribution < 1.29 is 14.3 Å². The Labute approximate surface area is 158 Å². The highest BCUT2D eigenvalue weighted by Crippen LogP contribution is 2.22. The minimum atomic E-state index is -0.368. The lowest BCUT2D eigenvalue weighted by Crippen LogP contribution is -2.13. The Kier molecular flexibility index (Phi) is 5.84. The van der Waals surface area contributed by atoms with Gasteiger partial charge in [-0.2, -0.15) is 0 Å². The molecule has 0 aromatic heterocycles. The molecular formula is C22H20N2O3. The van der Waals surface area contributed by atoms with Gasteiger partial charge in [-0.15, -0.1) is 0 Å². The number of esters is 1. The molecule has 5 heteroatoms. The molecule has 2 N–H and O–H groups in total. The molecule has 0 fully saturated rings. The molecule has 0 aliphatic carbocycles. The predicted molar refractivity (Wildman–Crippen MR) is 106 cm³/mol. The first kappa shape index (κ1) is 18.2. The first-order valence-corrected chi connectivity index (χ1v) is 8.54. The van der Waals surface area contributed by atoms with Crippen LogP contribution in [0.2, 0.25) is 0 Å². The Balaban J connectivity index is 1.71. The Bertz CT molecular complexity index is 939. The fraction of sp³-hybridized carbons (Fsp3) is 0.0909. The van der Waals surface area contributed by atoms with Crippen molar-refractivity contribution in [3.05, 3.63) is 95.6 Å². The summed E-state index contributed by atoms with van der Waals surface area (Å²) in [5.41, 5.74) is 3.52. The summed E-state index contributed by atoms with van der Waals surface area (Å²) in [7, 11) is 1.36. The number of carbonyl (C=O) groups excluding carboxylic acids is 2. The molecule has 0 atom stereocenters. The van der Waals surface area contributed by atoms with Gasteiger partial charge in [0, 0.05) is 12.1 Å². The van der Waals surface area contributed by atoms with Crippen molar-refractivity contribution in [2.75, 3.05) is 17.7 Å². The summed E-state index contributed by atoms with van der Waals surface area (Å²) in [4.78, 5) is 24.1. The van der Waals surface area contributed by atoms with E-state index in [1.807, 2.05) is 54.6 Å². The van der Waals surface area contributed by atoms with Crippen LogP contribution in [0.15, 0.2) is 78.9 Å². The second kappa shape index (κ2) is 8.67. The largest absolute Gasteiger partial charge is 0.465 e. The van der Waals surface area contributed by atoms with Crippen LogP contribution < -0.4 is 10.6 Å². The molecule has 0 spiro atoms. The third-order valence-electron chi connectivity index (χ3n) is 4.04. The number of hydrogen-bond donors (Lipinski definition) is 2. The molecule has 0 saturated carbocycles. The summed E-state index contributed by atoms with van der Waals surface area (Å²) in [6.07, 6.45) is 0. The number of methoxy groups -OCH3 is 1. The Morgan fingerprint density at radius 3 is 2.22 bits per heavy atom. The van der Waals surface area contributed by atoms with Crippen LogP contribution >= 0.6 is 0 Å². The monoisotopic (exact) mass is 360 g/mol. The molecule has 27 heavy (non-hydrogen) atoms. The highest BCUT2D eigenvalue weighted by Gasteiger charge is 2.09. The van der Waals surface area contributed by atoms with E-state index >= 15 is 0 Å². The van der Waals surface area contributed by atoms with Crippen molar-refractivity contribution in [2.24, 2.45) is 0 Å². The molecule has 3 aromatic rings. The molecule has 0 unspecified atom stereocenters. The van der Waals surface area contributed by atoms with Crippen molar-refractivity contribution >= 4 is 23.3 Å². The number of hydrogen-bond acceptors (Lipinski definition) is 4. The van der Waals surface area contributed by atoms with E-state index in [9.17, 15) is 9.59 Å². The van der Waals surface area contributed by atoms with E-state index in [0.29, 0.717) is 23.4 Å². The third kappa shape index (κ3) is 4.73. The average Bonchev–Trinajstić information content (AvgIpc) is 2.73. The highest BCUT2D eigenvalue weighted by molar-refractivity contribution is 6.05. The minimum absolute atomic E-state index is 0.169. The number of anilines is 2. The van der Waals surface area contributed by atoms with Crippen LogP contribution in [0.3, 0.4) is 0 Å². The molecule has 0 saturated heterocycles. The van der Waals surface area contributed by atoms with Gasteiger partial charge in [0.2, 0.25) is 0 Å². The van der Waals surface area contributed by atoms with Gasteiger partial charge in [0.15, 0.2) is 0 Å². The molecule has 0 aliphatic heterocycles. The molecule has 136 valence electrons. The fourth-order valence-corrected chi connectivity index (χ4v) is 2.65. The number of para-hydroxylation sites is 2. The normalized spacial score (nSPS) is 10.1. The van der Waals surface area contributed by atoms with Crippen LogP contribution in [0.1, 0.15) is 26.3 Å². The van der Waals surface area contributed by atoms with Crippen LogP contribution in [0.25, 0.3) is 0 Å². The van der Waals surface area contributed by atoms with Gasteiger partial charge in [-0.25, -0.2) is 4.79 Å². The van der Waals surface area contributed by atoms with Crippen molar-refractivity contribution in [3.63, 3.8) is 0 Å². The van der Waals surface area contributed by atoms with Crippen LogP contribution in [0.5, 0.6) is 0 Å². The van der Waals surface area contributed by atoms with Gasteiger partial charge in [-0.1, -0.05) is 42.5 Å². The van der Waals surface area contributed by atoms with Gasteiger partial charge >= 0.3 is 5.97 Å². The van der Waals surface area contributed by atoms with E-state index in [1.165, 1.54) is 7.11 Å². The molecular weight excluding hydrogens is 340 g/mol. The standard InChI is InChI=1S/C22H20N2O3/c1-27-22(26)18-11-7-8-16(14-18)15-23-19-12-5-6-13-20(19)24-21(25)17-9-3-2-4-10-17/h2-14,23H,15H2,1H3,(H,24,25). The first-order valence-electron chi connectivity index (χ1n) is 8.54. The van der Waals surface area contributed by atoms with E-state index in [4.69, 9.17) is 4.74 Å². The number of benzene rings is 3. The lowest BCUT2D eigenvalue weighted by atomic mass is 10.1. The van der Waals surface area contributed by atoms with Gasteiger partial charge in [0.05, 0.1) is 24.0 Å². The summed E-state index contributed by atoms with van der Waals surface area (Å²) < 4.78 is 4.75. The van der Waals surface area contributed by atoms with E-state index < -0.39 is 0 Å². The summed E-state index contributed by atoms with van der Waals surface area (Å²) in [5.74, 6) is -0.537. The predicted octanol–water partition coefficient (Wildman–Crippen LogP) is 4.34. The van der Waals surface area contributed by atoms with Crippen LogP contribution in [0, 0.1) is 0 Å². The number of rotatable bonds is 6. The molecule has 0 bridgehead atoms. The molecule has 3 rings (SSSR count). The summed E-state index contributed by atoms with van der Waals surface area (Å²) in [6.45, 7) is 0.503. The average molecular weight is 360 g/mol. The van der Waals surface area contributed by atoms with Gasteiger partial charge < -0.3 is 15.4 Å². The van der Waals surface area contributed by atoms with Crippen molar-refractivity contribution in [1.82, 2.24) is 0 Å². The second-order valence-corrected chi connectivity index (χ2v) is 5.91. The third-order valence-corrected chi connectivity index (χ3v) is 4.04. The van der Waals surface area contributed by atoms with Gasteiger partial charge in [-0.05, 0) is 42.0 Å². The molecule has 1 amide bonds. The molecule has 3 aromatic carbocycles. The van der Waals surface area contributed by atoms with E-state index in [1.54, 1.807) is 24.3 Å². The number of carbonyl (C=O) groups is 2. The lowest BCUT2D eigenvalue weighted by Gasteiger charge is -2.13. The van der Waals surface area contributed by atoms with Crippen LogP contribution in [-0.2, 0) is 11.3 Å². The van der Waals surface area contributed by atoms with Crippen LogP contribution in [0.4, 0.5) is 11.4 Å². The Morgan fingerprint density at radius 1 is 0.815 bits per heavy atom. The number of ether oxygens (including phenoxy) is 1. The lowest BCUT2D eigenvalue weighted by molar-refractivity contribution is 0.0600. The smallest absolute Gasteiger partial charge is 0.337 e. The van der Waals surface area contributed by atoms with E-state index in [2.05, 4.69) is 10.6 Å². The number of nitrogens with one attached hydrogen (secondary N) is 2. The topological polar surface area (TPSA) is 67.4 Å². The van der Waals surface area contributed by atoms with Crippen molar-refractivity contribution in [3.8, 4) is 0 Å². The SMILES string of the molecule is COC(=O)c1cccc(CNc2ccccc2NC(=O)c2ccccc2)c1. The summed E-state index contributed by atoms with van der Waals surface area (Å²) in [5, 5.41) is 6.23. The quantitative estimate of drug-likeness (QED) is 0.642. The molecule has 0 radical (unpaired) electrons. The first-order chi connectivity index (χ1) is 13.2.